The molecule has 2 atom stereocenters. The summed E-state index contributed by atoms with van der Waals surface area (Å²) in [5, 5.41) is 13.7. The molecule has 1 aromatic carbocycles. The molecule has 4 heteroatoms. The summed E-state index contributed by atoms with van der Waals surface area (Å²) in [6.45, 7) is 10.4. The van der Waals surface area contributed by atoms with Crippen molar-refractivity contribution in [2.45, 2.75) is 32.9 Å². The zero-order valence-corrected chi connectivity index (χ0v) is 13.1. The lowest BCUT2D eigenvalue weighted by Gasteiger charge is -2.23. The van der Waals surface area contributed by atoms with Crippen molar-refractivity contribution in [3.8, 4) is 5.75 Å². The van der Waals surface area contributed by atoms with Gasteiger partial charge in [-0.3, -0.25) is 0 Å². The Labute approximate surface area is 122 Å². The second-order valence-corrected chi connectivity index (χ2v) is 4.99. The van der Waals surface area contributed by atoms with Gasteiger partial charge in [0.05, 0.1) is 13.2 Å². The highest BCUT2D eigenvalue weighted by Crippen LogP contribution is 2.19. The van der Waals surface area contributed by atoms with E-state index in [-0.39, 0.29) is 6.04 Å². The van der Waals surface area contributed by atoms with Crippen molar-refractivity contribution in [1.29, 1.82) is 0 Å². The number of hydrogen-bond acceptors (Lipinski definition) is 4. The van der Waals surface area contributed by atoms with Gasteiger partial charge in [0.1, 0.15) is 5.75 Å². The lowest BCUT2D eigenvalue weighted by atomic mass is 10.0. The first kappa shape index (κ1) is 17.0. The Hall–Kier alpha value is -1.10. The minimum absolute atomic E-state index is 0.0268. The van der Waals surface area contributed by atoms with E-state index in [0.29, 0.717) is 0 Å². The largest absolute Gasteiger partial charge is 0.497 e. The number of ether oxygens (including phenoxy) is 1. The fourth-order valence-corrected chi connectivity index (χ4v) is 2.19. The quantitative estimate of drug-likeness (QED) is 0.727. The molecule has 0 heterocycles. The molecule has 0 bridgehead atoms. The van der Waals surface area contributed by atoms with Crippen molar-refractivity contribution in [1.82, 2.24) is 10.2 Å². The van der Waals surface area contributed by atoms with Gasteiger partial charge in [-0.15, -0.1) is 0 Å². The van der Waals surface area contributed by atoms with Gasteiger partial charge in [-0.25, -0.2) is 0 Å². The average Bonchev–Trinajstić information content (AvgIpc) is 2.50. The van der Waals surface area contributed by atoms with E-state index in [9.17, 15) is 5.11 Å². The molecule has 0 amide bonds. The highest BCUT2D eigenvalue weighted by atomic mass is 16.5. The highest BCUT2D eigenvalue weighted by Gasteiger charge is 2.15. The molecule has 0 aromatic heterocycles. The Morgan fingerprint density at radius 2 is 1.80 bits per heavy atom. The molecule has 2 N–H and O–H groups in total. The highest BCUT2D eigenvalue weighted by molar-refractivity contribution is 5.28. The number of hydrogen-bond donors (Lipinski definition) is 2. The fourth-order valence-electron chi connectivity index (χ4n) is 2.19. The lowest BCUT2D eigenvalue weighted by Crippen LogP contribution is -2.38. The number of rotatable bonds is 9. The van der Waals surface area contributed by atoms with E-state index in [1.165, 1.54) is 0 Å². The van der Waals surface area contributed by atoms with E-state index in [2.05, 4.69) is 24.1 Å². The number of nitrogens with zero attached hydrogens (tertiary/aromatic N) is 1. The number of methoxy groups -OCH3 is 1. The van der Waals surface area contributed by atoms with Gasteiger partial charge in [0.2, 0.25) is 0 Å². The SMILES string of the molecule is CCN(CC)CCNC(C)C(O)c1ccc(OC)cc1. The van der Waals surface area contributed by atoms with Crippen LogP contribution in [0.25, 0.3) is 0 Å². The van der Waals surface area contributed by atoms with Crippen molar-refractivity contribution < 1.29 is 9.84 Å². The molecule has 0 aliphatic heterocycles. The first-order valence-electron chi connectivity index (χ1n) is 7.40. The van der Waals surface area contributed by atoms with E-state index in [4.69, 9.17) is 4.74 Å². The van der Waals surface area contributed by atoms with Gasteiger partial charge in [-0.1, -0.05) is 26.0 Å². The maximum absolute atomic E-state index is 10.3. The molecule has 2 unspecified atom stereocenters. The summed E-state index contributed by atoms with van der Waals surface area (Å²) in [5.74, 6) is 0.808. The molecular formula is C16H28N2O2. The van der Waals surface area contributed by atoms with Gasteiger partial charge in [0.15, 0.2) is 0 Å². The molecule has 1 rings (SSSR count). The molecule has 4 nitrogen and oxygen atoms in total. The van der Waals surface area contributed by atoms with Gasteiger partial charge in [0.25, 0.3) is 0 Å². The fraction of sp³-hybridized carbons (Fsp3) is 0.625. The molecule has 0 fully saturated rings. The Bertz CT molecular complexity index is 363. The number of aliphatic hydroxyl groups excluding tert-OH is 1. The van der Waals surface area contributed by atoms with Crippen LogP contribution in [-0.2, 0) is 0 Å². The summed E-state index contributed by atoms with van der Waals surface area (Å²) in [4.78, 5) is 2.36. The third-order valence-corrected chi connectivity index (χ3v) is 3.72. The van der Waals surface area contributed by atoms with E-state index in [1.54, 1.807) is 7.11 Å². The molecule has 0 aliphatic rings. The van der Waals surface area contributed by atoms with Crippen molar-refractivity contribution >= 4 is 0 Å². The third kappa shape index (κ3) is 5.12. The van der Waals surface area contributed by atoms with Crippen LogP contribution in [0.5, 0.6) is 5.75 Å². The minimum atomic E-state index is -0.502. The van der Waals surface area contributed by atoms with Gasteiger partial charge in [-0.2, -0.15) is 0 Å². The number of likely N-dealkylation sites (N-methyl/N-ethyl adjacent to an activating group) is 1. The molecule has 20 heavy (non-hydrogen) atoms. The van der Waals surface area contributed by atoms with Crippen LogP contribution in [0, 0.1) is 0 Å². The molecule has 0 spiro atoms. The standard InChI is InChI=1S/C16H28N2O2/c1-5-18(6-2)12-11-17-13(3)16(19)14-7-9-15(20-4)10-8-14/h7-10,13,16-17,19H,5-6,11-12H2,1-4H3. The van der Waals surface area contributed by atoms with Gasteiger partial charge in [-0.05, 0) is 37.7 Å². The van der Waals surface area contributed by atoms with E-state index in [1.807, 2.05) is 31.2 Å². The van der Waals surface area contributed by atoms with E-state index >= 15 is 0 Å². The Balaban J connectivity index is 2.43. The van der Waals surface area contributed by atoms with Crippen LogP contribution in [0.15, 0.2) is 24.3 Å². The molecule has 114 valence electrons. The second-order valence-electron chi connectivity index (χ2n) is 4.99. The summed E-state index contributed by atoms with van der Waals surface area (Å²) in [7, 11) is 1.64. The van der Waals surface area contributed by atoms with Crippen LogP contribution >= 0.6 is 0 Å². The van der Waals surface area contributed by atoms with Gasteiger partial charge in [0, 0.05) is 19.1 Å². The molecule has 0 aliphatic carbocycles. The third-order valence-electron chi connectivity index (χ3n) is 3.72. The van der Waals surface area contributed by atoms with E-state index < -0.39 is 6.10 Å². The first-order chi connectivity index (χ1) is 9.62. The normalized spacial score (nSPS) is 14.3. The van der Waals surface area contributed by atoms with Gasteiger partial charge < -0.3 is 20.1 Å². The first-order valence-corrected chi connectivity index (χ1v) is 7.40. The van der Waals surface area contributed by atoms with Crippen LogP contribution in [0.4, 0.5) is 0 Å². The average molecular weight is 280 g/mol. The molecule has 1 aromatic rings. The minimum Gasteiger partial charge on any atom is -0.497 e. The van der Waals surface area contributed by atoms with E-state index in [0.717, 1.165) is 37.5 Å². The topological polar surface area (TPSA) is 44.7 Å². The number of nitrogens with one attached hydrogen (secondary N) is 1. The summed E-state index contributed by atoms with van der Waals surface area (Å²) < 4.78 is 5.12. The van der Waals surface area contributed by atoms with Crippen LogP contribution < -0.4 is 10.1 Å². The predicted octanol–water partition coefficient (Wildman–Crippen LogP) is 2.05. The van der Waals surface area contributed by atoms with Crippen LogP contribution in [0.1, 0.15) is 32.4 Å². The van der Waals surface area contributed by atoms with Gasteiger partial charge >= 0.3 is 0 Å². The van der Waals surface area contributed by atoms with Crippen LogP contribution in [0.2, 0.25) is 0 Å². The zero-order chi connectivity index (χ0) is 15.0. The zero-order valence-electron chi connectivity index (χ0n) is 13.1. The van der Waals surface area contributed by atoms with Crippen LogP contribution in [0.3, 0.4) is 0 Å². The summed E-state index contributed by atoms with van der Waals surface area (Å²) in [5.41, 5.74) is 0.911. The molecule has 0 saturated heterocycles. The number of benzene rings is 1. The summed E-state index contributed by atoms with van der Waals surface area (Å²) in [6, 6.07) is 7.60. The maximum Gasteiger partial charge on any atom is 0.118 e. The van der Waals surface area contributed by atoms with Crippen molar-refractivity contribution in [2.75, 3.05) is 33.3 Å². The monoisotopic (exact) mass is 280 g/mol. The molecular weight excluding hydrogens is 252 g/mol. The molecule has 0 saturated carbocycles. The Morgan fingerprint density at radius 1 is 1.20 bits per heavy atom. The number of aliphatic hydroxyl groups is 1. The van der Waals surface area contributed by atoms with Crippen molar-refractivity contribution in [3.05, 3.63) is 29.8 Å². The lowest BCUT2D eigenvalue weighted by molar-refractivity contribution is 0.133. The smallest absolute Gasteiger partial charge is 0.118 e. The molecule has 0 radical (unpaired) electrons. The summed E-state index contributed by atoms with van der Waals surface area (Å²) in [6.07, 6.45) is -0.502. The Morgan fingerprint density at radius 3 is 2.30 bits per heavy atom. The van der Waals surface area contributed by atoms with Crippen molar-refractivity contribution in [3.63, 3.8) is 0 Å². The maximum atomic E-state index is 10.3. The predicted molar refractivity (Wildman–Crippen MR) is 83.2 cm³/mol. The Kier molecular flexibility index (Phi) is 7.59. The van der Waals surface area contributed by atoms with Crippen molar-refractivity contribution in [2.24, 2.45) is 0 Å². The summed E-state index contributed by atoms with van der Waals surface area (Å²) >= 11 is 0. The second kappa shape index (κ2) is 8.95. The van der Waals surface area contributed by atoms with Crippen LogP contribution in [-0.4, -0.2) is 49.3 Å².